The molecule has 3 rings (SSSR count). The van der Waals surface area contributed by atoms with Crippen molar-refractivity contribution >= 4 is 27.7 Å². The minimum absolute atomic E-state index is 0.199. The Morgan fingerprint density at radius 1 is 0.960 bits per heavy atom. The molecule has 0 radical (unpaired) electrons. The largest absolute Gasteiger partial charge is 0.341 e. The van der Waals surface area contributed by atoms with E-state index in [2.05, 4.69) is 0 Å². The third-order valence-corrected chi connectivity index (χ3v) is 7.72. The predicted molar refractivity (Wildman–Crippen MR) is 101 cm³/mol. The molecule has 0 aliphatic carbocycles. The Hall–Kier alpha value is -1.05. The lowest BCUT2D eigenvalue weighted by molar-refractivity contribution is -0.130. The van der Waals surface area contributed by atoms with E-state index in [9.17, 15) is 13.2 Å². The van der Waals surface area contributed by atoms with Gasteiger partial charge in [0, 0.05) is 44.1 Å². The number of piperidine rings is 1. The molecule has 1 aromatic rings. The van der Waals surface area contributed by atoms with Crippen LogP contribution in [-0.4, -0.2) is 61.2 Å². The number of sulfonamides is 1. The van der Waals surface area contributed by atoms with Crippen molar-refractivity contribution in [2.45, 2.75) is 37.0 Å². The maximum atomic E-state index is 12.6. The third-order valence-electron chi connectivity index (χ3n) is 4.87. The molecule has 0 aromatic heterocycles. The molecule has 1 amide bonds. The Morgan fingerprint density at radius 2 is 1.60 bits per heavy atom. The van der Waals surface area contributed by atoms with Crippen LogP contribution in [0.2, 0.25) is 0 Å². The highest BCUT2D eigenvalue weighted by molar-refractivity contribution is 7.99. The van der Waals surface area contributed by atoms with Gasteiger partial charge in [-0.25, -0.2) is 8.42 Å². The van der Waals surface area contributed by atoms with Crippen molar-refractivity contribution in [3.05, 3.63) is 29.8 Å². The summed E-state index contributed by atoms with van der Waals surface area (Å²) in [7, 11) is -3.37. The van der Waals surface area contributed by atoms with Gasteiger partial charge in [0.05, 0.1) is 4.90 Å². The summed E-state index contributed by atoms with van der Waals surface area (Å²) in [5.74, 6) is 2.24. The Morgan fingerprint density at radius 3 is 2.24 bits per heavy atom. The quantitative estimate of drug-likeness (QED) is 0.784. The van der Waals surface area contributed by atoms with Crippen LogP contribution in [0.3, 0.4) is 0 Å². The van der Waals surface area contributed by atoms with Gasteiger partial charge in [-0.3, -0.25) is 4.79 Å². The van der Waals surface area contributed by atoms with Crippen molar-refractivity contribution in [2.24, 2.45) is 0 Å². The molecule has 0 unspecified atom stereocenters. The predicted octanol–water partition coefficient (Wildman–Crippen LogP) is 2.37. The van der Waals surface area contributed by atoms with E-state index in [1.807, 2.05) is 28.8 Å². The first-order valence-electron chi connectivity index (χ1n) is 9.02. The van der Waals surface area contributed by atoms with Gasteiger partial charge in [0.15, 0.2) is 0 Å². The standard InChI is InChI=1S/C18H26N2O3S2/c21-18(19-12-14-24-15-13-19)9-6-16-4-7-17(8-5-16)25(22,23)20-10-2-1-3-11-20/h4-5,7-8H,1-3,6,9-15H2. The molecule has 138 valence electrons. The molecule has 2 heterocycles. The minimum Gasteiger partial charge on any atom is -0.341 e. The van der Waals surface area contributed by atoms with Crippen LogP contribution >= 0.6 is 11.8 Å². The van der Waals surface area contributed by atoms with Crippen LogP contribution in [0.15, 0.2) is 29.2 Å². The average molecular weight is 383 g/mol. The number of rotatable bonds is 5. The fraction of sp³-hybridized carbons (Fsp3) is 0.611. The van der Waals surface area contributed by atoms with E-state index in [1.165, 1.54) is 0 Å². The molecule has 1 aromatic carbocycles. The summed E-state index contributed by atoms with van der Waals surface area (Å²) in [5, 5.41) is 0. The van der Waals surface area contributed by atoms with Crippen LogP contribution in [0.1, 0.15) is 31.2 Å². The highest BCUT2D eigenvalue weighted by Gasteiger charge is 2.25. The number of amides is 1. The van der Waals surface area contributed by atoms with Gasteiger partial charge in [0.25, 0.3) is 0 Å². The molecule has 0 N–H and O–H groups in total. The molecule has 2 aliphatic heterocycles. The van der Waals surface area contributed by atoms with Gasteiger partial charge < -0.3 is 4.90 Å². The molecular formula is C18H26N2O3S2. The van der Waals surface area contributed by atoms with E-state index >= 15 is 0 Å². The smallest absolute Gasteiger partial charge is 0.243 e. The van der Waals surface area contributed by atoms with Gasteiger partial charge >= 0.3 is 0 Å². The lowest BCUT2D eigenvalue weighted by Crippen LogP contribution is -2.38. The van der Waals surface area contributed by atoms with E-state index in [-0.39, 0.29) is 5.91 Å². The van der Waals surface area contributed by atoms with Gasteiger partial charge in [0.1, 0.15) is 0 Å². The molecule has 5 nitrogen and oxygen atoms in total. The molecule has 2 fully saturated rings. The van der Waals surface area contributed by atoms with E-state index in [0.29, 0.717) is 30.8 Å². The zero-order chi connectivity index (χ0) is 17.7. The maximum absolute atomic E-state index is 12.6. The number of aryl methyl sites for hydroxylation is 1. The molecule has 2 aliphatic rings. The number of benzene rings is 1. The van der Waals surface area contributed by atoms with E-state index < -0.39 is 10.0 Å². The highest BCUT2D eigenvalue weighted by Crippen LogP contribution is 2.21. The molecule has 0 spiro atoms. The zero-order valence-corrected chi connectivity index (χ0v) is 16.2. The van der Waals surface area contributed by atoms with Crippen LogP contribution in [0, 0.1) is 0 Å². The number of nitrogens with zero attached hydrogens (tertiary/aromatic N) is 2. The summed E-state index contributed by atoms with van der Waals surface area (Å²) in [5.41, 5.74) is 1.01. The van der Waals surface area contributed by atoms with Crippen molar-refractivity contribution < 1.29 is 13.2 Å². The van der Waals surface area contributed by atoms with E-state index in [0.717, 1.165) is 49.4 Å². The van der Waals surface area contributed by atoms with E-state index in [1.54, 1.807) is 16.4 Å². The average Bonchev–Trinajstić information content (AvgIpc) is 2.68. The normalized spacial score (nSPS) is 19.8. The maximum Gasteiger partial charge on any atom is 0.243 e. The van der Waals surface area contributed by atoms with Crippen LogP contribution in [0.25, 0.3) is 0 Å². The lowest BCUT2D eigenvalue weighted by Gasteiger charge is -2.26. The summed E-state index contributed by atoms with van der Waals surface area (Å²) >= 11 is 1.89. The summed E-state index contributed by atoms with van der Waals surface area (Å²) in [6.07, 6.45) is 4.13. The summed E-state index contributed by atoms with van der Waals surface area (Å²) < 4.78 is 26.9. The van der Waals surface area contributed by atoms with Gasteiger partial charge in [-0.1, -0.05) is 18.6 Å². The van der Waals surface area contributed by atoms with Gasteiger partial charge in [-0.2, -0.15) is 16.1 Å². The fourth-order valence-corrected chi connectivity index (χ4v) is 5.72. The molecule has 0 saturated carbocycles. The molecule has 0 atom stereocenters. The lowest BCUT2D eigenvalue weighted by atomic mass is 10.1. The second-order valence-corrected chi connectivity index (χ2v) is 9.76. The van der Waals surface area contributed by atoms with Crippen molar-refractivity contribution in [3.63, 3.8) is 0 Å². The topological polar surface area (TPSA) is 57.7 Å². The van der Waals surface area contributed by atoms with Gasteiger partial charge in [0.2, 0.25) is 15.9 Å². The van der Waals surface area contributed by atoms with Crippen LogP contribution in [0.4, 0.5) is 0 Å². The van der Waals surface area contributed by atoms with Gasteiger partial charge in [-0.15, -0.1) is 0 Å². The molecule has 7 heteroatoms. The Kier molecular flexibility index (Phi) is 6.41. The summed E-state index contributed by atoms with van der Waals surface area (Å²) in [6.45, 7) is 2.92. The zero-order valence-electron chi connectivity index (χ0n) is 14.5. The first-order valence-corrected chi connectivity index (χ1v) is 11.6. The molecule has 0 bridgehead atoms. The second-order valence-electron chi connectivity index (χ2n) is 6.60. The summed E-state index contributed by atoms with van der Waals surface area (Å²) in [6, 6.07) is 7.05. The fourth-order valence-electron chi connectivity index (χ4n) is 3.30. The third kappa shape index (κ3) is 4.77. The van der Waals surface area contributed by atoms with E-state index in [4.69, 9.17) is 0 Å². The van der Waals surface area contributed by atoms with Crippen molar-refractivity contribution in [1.82, 2.24) is 9.21 Å². The number of hydrogen-bond donors (Lipinski definition) is 0. The number of carbonyl (C=O) groups is 1. The van der Waals surface area contributed by atoms with Crippen molar-refractivity contribution in [3.8, 4) is 0 Å². The Balaban J connectivity index is 1.57. The monoisotopic (exact) mass is 382 g/mol. The summed E-state index contributed by atoms with van der Waals surface area (Å²) in [4.78, 5) is 14.5. The number of carbonyl (C=O) groups excluding carboxylic acids is 1. The first kappa shape index (κ1) is 18.7. The first-order chi connectivity index (χ1) is 12.1. The Labute approximate surface area is 154 Å². The minimum atomic E-state index is -3.37. The molecule has 25 heavy (non-hydrogen) atoms. The van der Waals surface area contributed by atoms with Crippen molar-refractivity contribution in [2.75, 3.05) is 37.7 Å². The SMILES string of the molecule is O=C(CCc1ccc(S(=O)(=O)N2CCCCC2)cc1)N1CCSCC1. The number of hydrogen-bond acceptors (Lipinski definition) is 4. The van der Waals surface area contributed by atoms with Crippen molar-refractivity contribution in [1.29, 1.82) is 0 Å². The van der Waals surface area contributed by atoms with Crippen LogP contribution in [-0.2, 0) is 21.2 Å². The Bertz CT molecular complexity index is 677. The molecular weight excluding hydrogens is 356 g/mol. The molecule has 2 saturated heterocycles. The van der Waals surface area contributed by atoms with Gasteiger partial charge in [-0.05, 0) is 37.0 Å². The highest BCUT2D eigenvalue weighted by atomic mass is 32.2. The second kappa shape index (κ2) is 8.56. The number of thioether (sulfide) groups is 1. The van der Waals surface area contributed by atoms with Crippen LogP contribution in [0.5, 0.6) is 0 Å². The van der Waals surface area contributed by atoms with Crippen LogP contribution < -0.4 is 0 Å².